The van der Waals surface area contributed by atoms with Crippen LogP contribution >= 0.6 is 31.9 Å². The highest BCUT2D eigenvalue weighted by Gasteiger charge is 2.39. The first-order chi connectivity index (χ1) is 43.7. The zero-order valence-corrected chi connectivity index (χ0v) is 53.7. The van der Waals surface area contributed by atoms with E-state index in [1.807, 2.05) is 48.5 Å². The lowest BCUT2D eigenvalue weighted by molar-refractivity contribution is 0.610. The molecule has 0 saturated heterocycles. The Balaban J connectivity index is 0.000000144. The third-order valence-electron chi connectivity index (χ3n) is 18.1. The first-order valence-corrected chi connectivity index (χ1v) is 31.8. The number of aliphatic imine (C=N–C) groups is 8. The minimum Gasteiger partial charge on any atom is -0.310 e. The van der Waals surface area contributed by atoms with Crippen molar-refractivity contribution in [3.05, 3.63) is 318 Å². The Bertz CT molecular complexity index is 4430. The highest BCUT2D eigenvalue weighted by atomic mass is 79.9. The molecule has 10 nitrogen and oxygen atoms in total. The average molecular weight is 1300 g/mol. The molecular formula is C78H60Br2N10. The van der Waals surface area contributed by atoms with Crippen LogP contribution in [0.5, 0.6) is 0 Å². The molecule has 0 radical (unpaired) electrons. The fourth-order valence-electron chi connectivity index (χ4n) is 13.4. The molecule has 17 rings (SSSR count). The molecule has 90 heavy (non-hydrogen) atoms. The van der Waals surface area contributed by atoms with E-state index in [1.54, 1.807) is 0 Å². The Labute approximate surface area is 541 Å². The topological polar surface area (TPSA) is 105 Å². The van der Waals surface area contributed by atoms with Crippen molar-refractivity contribution >= 4 is 113 Å². The molecule has 6 aliphatic heterocycles. The highest BCUT2D eigenvalue weighted by Crippen LogP contribution is 2.53. The van der Waals surface area contributed by atoms with E-state index in [0.717, 1.165) is 49.0 Å². The van der Waals surface area contributed by atoms with Crippen LogP contribution in [0.15, 0.2) is 292 Å². The molecular weight excluding hydrogens is 1240 g/mol. The maximum absolute atomic E-state index is 4.81. The van der Waals surface area contributed by atoms with E-state index in [9.17, 15) is 0 Å². The lowest BCUT2D eigenvalue weighted by Crippen LogP contribution is -2.30. The zero-order chi connectivity index (χ0) is 61.5. The monoisotopic (exact) mass is 1290 g/mol. The number of halogens is 2. The third-order valence-corrected chi connectivity index (χ3v) is 19.2. The van der Waals surface area contributed by atoms with Gasteiger partial charge in [-0.1, -0.05) is 219 Å². The van der Waals surface area contributed by atoms with Crippen LogP contribution in [0, 0.1) is 0 Å². The molecule has 436 valence electrons. The van der Waals surface area contributed by atoms with Crippen LogP contribution in [0.2, 0.25) is 0 Å². The lowest BCUT2D eigenvalue weighted by Gasteiger charge is -2.42. The van der Waals surface area contributed by atoms with Gasteiger partial charge in [0.05, 0.1) is 22.7 Å². The van der Waals surface area contributed by atoms with Crippen molar-refractivity contribution < 1.29 is 0 Å². The van der Waals surface area contributed by atoms with E-state index in [4.69, 9.17) is 20.0 Å². The second-order valence-electron chi connectivity index (χ2n) is 24.7. The summed E-state index contributed by atoms with van der Waals surface area (Å²) in [5.74, 6) is 4.83. The second-order valence-corrected chi connectivity index (χ2v) is 26.5. The summed E-state index contributed by atoms with van der Waals surface area (Å²) in [7, 11) is 0. The molecule has 0 atom stereocenters. The number of amidine groups is 8. The van der Waals surface area contributed by atoms with Crippen LogP contribution in [0.25, 0.3) is 0 Å². The summed E-state index contributed by atoms with van der Waals surface area (Å²) in [4.78, 5) is 41.8. The number of hydrogen-bond acceptors (Lipinski definition) is 10. The molecule has 0 N–H and O–H groups in total. The first-order valence-electron chi connectivity index (χ1n) is 30.3. The van der Waals surface area contributed by atoms with Gasteiger partial charge in [-0.2, -0.15) is 0 Å². The minimum atomic E-state index is -0.0958. The van der Waals surface area contributed by atoms with Crippen molar-refractivity contribution in [2.45, 2.75) is 64.2 Å². The van der Waals surface area contributed by atoms with Gasteiger partial charge in [0.15, 0.2) is 23.3 Å². The predicted octanol–water partition coefficient (Wildman–Crippen LogP) is 19.1. The molecule has 6 heterocycles. The van der Waals surface area contributed by atoms with Crippen LogP contribution in [-0.2, 0) is 22.7 Å². The number of benzene rings is 10. The van der Waals surface area contributed by atoms with Crippen LogP contribution in [0.3, 0.4) is 0 Å². The summed E-state index contributed by atoms with van der Waals surface area (Å²) < 4.78 is 2.05. The number of rotatable bonds is 6. The average Bonchev–Trinajstić information content (AvgIpc) is 1.31. The predicted molar refractivity (Wildman–Crippen MR) is 378 cm³/mol. The van der Waals surface area contributed by atoms with Crippen molar-refractivity contribution in [2.24, 2.45) is 39.9 Å². The van der Waals surface area contributed by atoms with Gasteiger partial charge in [0.25, 0.3) is 0 Å². The summed E-state index contributed by atoms with van der Waals surface area (Å²) in [6.45, 7) is 13.9. The molecule has 0 saturated carbocycles. The van der Waals surface area contributed by atoms with Crippen molar-refractivity contribution in [3.8, 4) is 0 Å². The van der Waals surface area contributed by atoms with Gasteiger partial charge in [-0.25, -0.2) is 39.9 Å². The van der Waals surface area contributed by atoms with Crippen molar-refractivity contribution in [3.63, 3.8) is 0 Å². The minimum absolute atomic E-state index is 0.0958. The Morgan fingerprint density at radius 2 is 0.478 bits per heavy atom. The van der Waals surface area contributed by atoms with E-state index in [1.165, 1.54) is 67.3 Å². The molecule has 7 aliphatic rings. The van der Waals surface area contributed by atoms with Gasteiger partial charge < -0.3 is 9.80 Å². The maximum Gasteiger partial charge on any atom is 0.202 e. The summed E-state index contributed by atoms with van der Waals surface area (Å²) >= 11 is 6.83. The molecule has 10 aromatic rings. The third kappa shape index (κ3) is 9.95. The standard InChI is InChI=1S/C46H36N6.C16H8Br2N4.C16H16/c1-45(2)33-13-5-9-17-37(33)51(38-18-10-6-14-34(38)45)31-25-21-29(22-26-31)41-47-43-44(48-41)50-42(49-43)30-23-27-32(28-24-30)52-39-19-11-7-15-35(39)46(3,4)36-16-8-12-20-40(36)52;17-11-5-1-9(2-6-11)13-19-15-16(20-13)22-14(21-15)10-3-7-12(18)8-4-10;1-16(2)14-9-5-3-7-12(14)11-13-8-4-6-10-15(13)16/h5-28H,1-4H3;1-8H;3-10H,11H2,1-2H3. The number of anilines is 6. The molecule has 0 amide bonds. The molecule has 0 bridgehead atoms. The van der Waals surface area contributed by atoms with Gasteiger partial charge in [0.2, 0.25) is 23.3 Å². The fourth-order valence-corrected chi connectivity index (χ4v) is 14.0. The van der Waals surface area contributed by atoms with E-state index in [-0.39, 0.29) is 16.2 Å². The number of para-hydroxylation sites is 4. The summed E-state index contributed by atoms with van der Waals surface area (Å²) in [5.41, 5.74) is 21.8. The van der Waals surface area contributed by atoms with Gasteiger partial charge in [-0.05, 0) is 148 Å². The summed E-state index contributed by atoms with van der Waals surface area (Å²) in [6, 6.07) is 85.1. The molecule has 12 heteroatoms. The van der Waals surface area contributed by atoms with E-state index >= 15 is 0 Å². The highest BCUT2D eigenvalue weighted by molar-refractivity contribution is 9.10. The largest absolute Gasteiger partial charge is 0.310 e. The molecule has 0 unspecified atom stereocenters. The summed E-state index contributed by atoms with van der Waals surface area (Å²) in [6.07, 6.45) is 1.08. The van der Waals surface area contributed by atoms with Gasteiger partial charge in [0.1, 0.15) is 0 Å². The van der Waals surface area contributed by atoms with Crippen molar-refractivity contribution in [1.82, 2.24) is 0 Å². The van der Waals surface area contributed by atoms with Crippen molar-refractivity contribution in [2.75, 3.05) is 9.80 Å². The Morgan fingerprint density at radius 1 is 0.256 bits per heavy atom. The van der Waals surface area contributed by atoms with E-state index in [2.05, 4.69) is 297 Å². The van der Waals surface area contributed by atoms with Crippen molar-refractivity contribution in [1.29, 1.82) is 0 Å². The molecule has 10 aromatic carbocycles. The maximum atomic E-state index is 4.81. The normalized spacial score (nSPS) is 16.7. The molecule has 1 aliphatic carbocycles. The second kappa shape index (κ2) is 22.3. The molecule has 0 fully saturated rings. The van der Waals surface area contributed by atoms with Gasteiger partial charge in [-0.3, -0.25) is 0 Å². The van der Waals surface area contributed by atoms with Gasteiger partial charge >= 0.3 is 0 Å². The van der Waals surface area contributed by atoms with Crippen LogP contribution in [0.4, 0.5) is 34.1 Å². The zero-order valence-electron chi connectivity index (χ0n) is 50.5. The van der Waals surface area contributed by atoms with Crippen LogP contribution in [0.1, 0.15) is 108 Å². The lowest BCUT2D eigenvalue weighted by atomic mass is 9.69. The SMILES string of the molecule is Brc1ccc(C2=NC3=NC(c4ccc(Br)cc4)=NC3=N2)cc1.CC1(C)c2ccccc2Cc2ccccc21.CC1(C)c2ccccc2N(c2ccc(C3=NC4=NC(c5ccc(N6c7ccccc7C(C)(C)c7ccccc76)cc5)=NC4=N3)cc2)c2ccccc21. The first kappa shape index (κ1) is 56.6. The van der Waals surface area contributed by atoms with Crippen LogP contribution in [-0.4, -0.2) is 46.7 Å². The number of fused-ring (bicyclic) bond motifs is 8. The van der Waals surface area contributed by atoms with E-state index < -0.39 is 0 Å². The smallest absolute Gasteiger partial charge is 0.202 e. The van der Waals surface area contributed by atoms with Gasteiger partial charge in [-0.15, -0.1) is 0 Å². The number of nitrogens with zero attached hydrogens (tertiary/aromatic N) is 10. The summed E-state index contributed by atoms with van der Waals surface area (Å²) in [5, 5.41) is 0. The molecule has 0 spiro atoms. The van der Waals surface area contributed by atoms with Gasteiger partial charge in [0, 0.05) is 58.8 Å². The molecule has 0 aromatic heterocycles. The fraction of sp³-hybridized carbons (Fsp3) is 0.128. The quantitative estimate of drug-likeness (QED) is 0.165. The van der Waals surface area contributed by atoms with E-state index in [0.29, 0.717) is 46.7 Å². The number of hydrogen-bond donors (Lipinski definition) is 0. The Morgan fingerprint density at radius 3 is 0.767 bits per heavy atom. The Hall–Kier alpha value is -9.88. The Kier molecular flexibility index (Phi) is 14.0. The van der Waals surface area contributed by atoms with Crippen LogP contribution < -0.4 is 9.80 Å².